The Morgan fingerprint density at radius 3 is 2.81 bits per heavy atom. The summed E-state index contributed by atoms with van der Waals surface area (Å²) in [5, 5.41) is 0.947. The minimum absolute atomic E-state index is 0.266. The lowest BCUT2D eigenvalue weighted by molar-refractivity contribution is 0.0596. The molecule has 6 heteroatoms. The fraction of sp³-hybridized carbons (Fsp3) is 0.300. The van der Waals surface area contributed by atoms with Crippen molar-refractivity contribution in [3.05, 3.63) is 22.7 Å². The molecule has 1 rings (SSSR count). The van der Waals surface area contributed by atoms with Gasteiger partial charge < -0.3 is 15.2 Å². The highest BCUT2D eigenvalue weighted by atomic mass is 79.9. The number of anilines is 1. The zero-order valence-corrected chi connectivity index (χ0v) is 11.0. The number of ether oxygens (including phenoxy) is 2. The molecule has 0 fully saturated rings. The molecular formula is C10H11BrClNO3. The summed E-state index contributed by atoms with van der Waals surface area (Å²) in [4.78, 5) is 11.4. The van der Waals surface area contributed by atoms with Gasteiger partial charge in [-0.05, 0) is 6.07 Å². The number of halogens is 2. The van der Waals surface area contributed by atoms with E-state index in [-0.39, 0.29) is 5.56 Å². The van der Waals surface area contributed by atoms with Gasteiger partial charge in [0.25, 0.3) is 0 Å². The second-order valence-corrected chi connectivity index (χ2v) is 4.10. The van der Waals surface area contributed by atoms with E-state index >= 15 is 0 Å². The lowest BCUT2D eigenvalue weighted by atomic mass is 10.2. The van der Waals surface area contributed by atoms with E-state index in [4.69, 9.17) is 22.1 Å². The number of benzene rings is 1. The van der Waals surface area contributed by atoms with Crippen LogP contribution in [-0.4, -0.2) is 25.0 Å². The molecule has 0 saturated carbocycles. The van der Waals surface area contributed by atoms with Crippen molar-refractivity contribution >= 4 is 39.2 Å². The highest BCUT2D eigenvalue weighted by molar-refractivity contribution is 9.09. The molecule has 0 aliphatic carbocycles. The molecular weight excluding hydrogens is 297 g/mol. The lowest BCUT2D eigenvalue weighted by Crippen LogP contribution is -2.08. The second-order valence-electron chi connectivity index (χ2n) is 2.90. The Morgan fingerprint density at radius 1 is 1.56 bits per heavy atom. The van der Waals surface area contributed by atoms with Crippen LogP contribution >= 0.6 is 27.5 Å². The van der Waals surface area contributed by atoms with Gasteiger partial charge in [-0.1, -0.05) is 27.5 Å². The minimum atomic E-state index is -0.508. The summed E-state index contributed by atoms with van der Waals surface area (Å²) >= 11 is 9.04. The van der Waals surface area contributed by atoms with Crippen LogP contribution in [0.5, 0.6) is 5.75 Å². The van der Waals surface area contributed by atoms with Crippen LogP contribution in [-0.2, 0) is 4.74 Å². The molecule has 0 radical (unpaired) electrons. The molecule has 0 saturated heterocycles. The Hall–Kier alpha value is -0.940. The lowest BCUT2D eigenvalue weighted by Gasteiger charge is -2.11. The number of nitrogen functional groups attached to an aromatic ring is 1. The molecule has 4 nitrogen and oxygen atoms in total. The number of hydrogen-bond donors (Lipinski definition) is 1. The quantitative estimate of drug-likeness (QED) is 0.527. The number of carbonyl (C=O) groups excluding carboxylic acids is 1. The maximum atomic E-state index is 11.4. The fourth-order valence-corrected chi connectivity index (χ4v) is 1.43. The highest BCUT2D eigenvalue weighted by Crippen LogP contribution is 2.29. The standard InChI is InChI=1S/C10H11BrClNO3/c1-15-10(14)6-4-7(12)8(13)5-9(6)16-3-2-11/h4-5H,2-3,13H2,1H3. The van der Waals surface area contributed by atoms with Gasteiger partial charge in [-0.15, -0.1) is 0 Å². The van der Waals surface area contributed by atoms with Crippen molar-refractivity contribution in [3.8, 4) is 5.75 Å². The summed E-state index contributed by atoms with van der Waals surface area (Å²) < 4.78 is 9.98. The van der Waals surface area contributed by atoms with Crippen LogP contribution in [0.2, 0.25) is 5.02 Å². The van der Waals surface area contributed by atoms with Crippen LogP contribution < -0.4 is 10.5 Å². The first kappa shape index (κ1) is 13.1. The smallest absolute Gasteiger partial charge is 0.341 e. The predicted molar refractivity (Wildman–Crippen MR) is 66.5 cm³/mol. The number of esters is 1. The van der Waals surface area contributed by atoms with Crippen molar-refractivity contribution in [2.45, 2.75) is 0 Å². The summed E-state index contributed by atoms with van der Waals surface area (Å²) in [6, 6.07) is 2.95. The van der Waals surface area contributed by atoms with Crippen LogP contribution in [0.25, 0.3) is 0 Å². The van der Waals surface area contributed by atoms with Crippen molar-refractivity contribution < 1.29 is 14.3 Å². The van der Waals surface area contributed by atoms with E-state index in [1.165, 1.54) is 19.2 Å². The first-order valence-corrected chi connectivity index (χ1v) is 5.96. The molecule has 0 spiro atoms. The summed E-state index contributed by atoms with van der Waals surface area (Å²) in [6.45, 7) is 0.422. The maximum Gasteiger partial charge on any atom is 0.341 e. The Bertz CT molecular complexity index is 398. The van der Waals surface area contributed by atoms with Crippen molar-refractivity contribution in [2.24, 2.45) is 0 Å². The zero-order chi connectivity index (χ0) is 12.1. The van der Waals surface area contributed by atoms with E-state index in [0.717, 1.165) is 0 Å². The van der Waals surface area contributed by atoms with Gasteiger partial charge in [0, 0.05) is 11.4 Å². The fourth-order valence-electron chi connectivity index (χ4n) is 1.11. The predicted octanol–water partition coefficient (Wildman–Crippen LogP) is 2.48. The minimum Gasteiger partial charge on any atom is -0.492 e. The van der Waals surface area contributed by atoms with Crippen molar-refractivity contribution in [1.29, 1.82) is 0 Å². The molecule has 0 heterocycles. The molecule has 0 aliphatic heterocycles. The molecule has 88 valence electrons. The third-order valence-corrected chi connectivity index (χ3v) is 2.49. The van der Waals surface area contributed by atoms with Gasteiger partial charge >= 0.3 is 5.97 Å². The van der Waals surface area contributed by atoms with E-state index in [0.29, 0.717) is 28.4 Å². The van der Waals surface area contributed by atoms with E-state index in [9.17, 15) is 4.79 Å². The number of methoxy groups -OCH3 is 1. The van der Waals surface area contributed by atoms with Crippen molar-refractivity contribution in [3.63, 3.8) is 0 Å². The molecule has 0 bridgehead atoms. The number of carbonyl (C=O) groups is 1. The van der Waals surface area contributed by atoms with Crippen molar-refractivity contribution in [2.75, 3.05) is 24.8 Å². The first-order valence-electron chi connectivity index (χ1n) is 4.46. The number of rotatable bonds is 4. The molecule has 0 aromatic heterocycles. The van der Waals surface area contributed by atoms with E-state index in [1.54, 1.807) is 0 Å². The van der Waals surface area contributed by atoms with Crippen molar-refractivity contribution in [1.82, 2.24) is 0 Å². The topological polar surface area (TPSA) is 61.5 Å². The summed E-state index contributed by atoms with van der Waals surface area (Å²) in [6.07, 6.45) is 0. The SMILES string of the molecule is COC(=O)c1cc(Cl)c(N)cc1OCCBr. The van der Waals surface area contributed by atoms with Gasteiger partial charge in [-0.25, -0.2) is 4.79 Å². The first-order chi connectivity index (χ1) is 7.60. The number of hydrogen-bond acceptors (Lipinski definition) is 4. The summed E-state index contributed by atoms with van der Waals surface area (Å²) in [5.41, 5.74) is 6.25. The normalized spacial score (nSPS) is 9.94. The Kier molecular flexibility index (Phi) is 4.89. The summed E-state index contributed by atoms with van der Waals surface area (Å²) in [7, 11) is 1.29. The van der Waals surface area contributed by atoms with Crippen LogP contribution in [0.3, 0.4) is 0 Å². The van der Waals surface area contributed by atoms with Gasteiger partial charge in [0.05, 0.1) is 24.4 Å². The van der Waals surface area contributed by atoms with Crippen LogP contribution in [0, 0.1) is 0 Å². The Morgan fingerprint density at radius 2 is 2.25 bits per heavy atom. The Balaban J connectivity index is 3.11. The molecule has 0 unspecified atom stereocenters. The third-order valence-electron chi connectivity index (χ3n) is 1.84. The molecule has 0 amide bonds. The van der Waals surface area contributed by atoms with Crippen LogP contribution in [0.4, 0.5) is 5.69 Å². The van der Waals surface area contributed by atoms with Crippen LogP contribution in [0.15, 0.2) is 12.1 Å². The van der Waals surface area contributed by atoms with Gasteiger partial charge in [-0.2, -0.15) is 0 Å². The molecule has 0 aliphatic rings. The number of alkyl halides is 1. The van der Waals surface area contributed by atoms with Gasteiger partial charge in [0.1, 0.15) is 11.3 Å². The zero-order valence-electron chi connectivity index (χ0n) is 8.63. The molecule has 0 atom stereocenters. The monoisotopic (exact) mass is 307 g/mol. The van der Waals surface area contributed by atoms with E-state index in [2.05, 4.69) is 20.7 Å². The molecule has 1 aromatic rings. The van der Waals surface area contributed by atoms with E-state index in [1.807, 2.05) is 0 Å². The molecule has 1 aromatic carbocycles. The largest absolute Gasteiger partial charge is 0.492 e. The molecule has 2 N–H and O–H groups in total. The maximum absolute atomic E-state index is 11.4. The van der Waals surface area contributed by atoms with Gasteiger partial charge in [0.2, 0.25) is 0 Å². The van der Waals surface area contributed by atoms with Gasteiger partial charge in [0.15, 0.2) is 0 Å². The average Bonchev–Trinajstić information content (AvgIpc) is 2.29. The summed E-state index contributed by atoms with van der Waals surface area (Å²) in [5.74, 6) is -0.139. The highest BCUT2D eigenvalue weighted by Gasteiger charge is 2.15. The average molecular weight is 309 g/mol. The van der Waals surface area contributed by atoms with E-state index < -0.39 is 5.97 Å². The molecule has 16 heavy (non-hydrogen) atoms. The second kappa shape index (κ2) is 5.96. The third kappa shape index (κ3) is 3.02. The Labute approximate surface area is 107 Å². The number of nitrogens with two attached hydrogens (primary N) is 1. The van der Waals surface area contributed by atoms with Crippen LogP contribution in [0.1, 0.15) is 10.4 Å². The van der Waals surface area contributed by atoms with Gasteiger partial charge in [-0.3, -0.25) is 0 Å².